The Hall–Kier alpha value is -2.30. The summed E-state index contributed by atoms with van der Waals surface area (Å²) in [6, 6.07) is 7.00. The van der Waals surface area contributed by atoms with Crippen molar-refractivity contribution in [2.45, 2.75) is 25.8 Å². The molecule has 0 bridgehead atoms. The van der Waals surface area contributed by atoms with Crippen LogP contribution in [0.15, 0.2) is 30.3 Å². The van der Waals surface area contributed by atoms with Crippen LogP contribution in [0.25, 0.3) is 6.08 Å². The number of carboxylic acid groups (broad SMARTS) is 1. The molecule has 0 aliphatic carbocycles. The van der Waals surface area contributed by atoms with Crippen molar-refractivity contribution < 1.29 is 14.7 Å². The number of nitrogens with one attached hydrogen (secondary N) is 1. The predicted molar refractivity (Wildman–Crippen MR) is 74.4 cm³/mol. The molecule has 0 fully saturated rings. The number of anilines is 1. The van der Waals surface area contributed by atoms with Gasteiger partial charge in [-0.05, 0) is 37.1 Å². The number of benzene rings is 1. The highest BCUT2D eigenvalue weighted by Gasteiger charge is 2.31. The molecule has 1 amide bonds. The summed E-state index contributed by atoms with van der Waals surface area (Å²) < 4.78 is 0. The van der Waals surface area contributed by atoms with Crippen molar-refractivity contribution in [2.24, 2.45) is 0 Å². The van der Waals surface area contributed by atoms with Crippen LogP contribution < -0.4 is 11.1 Å². The molecule has 1 atom stereocenters. The number of rotatable bonds is 5. The molecule has 1 unspecified atom stereocenters. The first-order valence-corrected chi connectivity index (χ1v) is 5.96. The minimum absolute atomic E-state index is 0.309. The normalized spacial score (nSPS) is 14.0. The standard InChI is InChI=1S/C14H18N2O3/c1-3-14(2,13(18)19)16-12(17)9-6-10-4-7-11(15)8-5-10/h4-9H,3,15H2,1-2H3,(H,16,17)(H,18,19)/b9-6+. The number of carbonyl (C=O) groups excluding carboxylic acids is 1. The van der Waals surface area contributed by atoms with E-state index < -0.39 is 17.4 Å². The highest BCUT2D eigenvalue weighted by Crippen LogP contribution is 2.10. The lowest BCUT2D eigenvalue weighted by Gasteiger charge is -2.23. The molecule has 0 spiro atoms. The van der Waals surface area contributed by atoms with E-state index in [2.05, 4.69) is 5.32 Å². The molecule has 102 valence electrons. The summed E-state index contributed by atoms with van der Waals surface area (Å²) in [6.07, 6.45) is 3.22. The van der Waals surface area contributed by atoms with E-state index in [4.69, 9.17) is 10.8 Å². The van der Waals surface area contributed by atoms with Gasteiger partial charge in [0.2, 0.25) is 5.91 Å². The molecule has 0 saturated heterocycles. The summed E-state index contributed by atoms with van der Waals surface area (Å²) in [5.74, 6) is -1.49. The predicted octanol–water partition coefficient (Wildman–Crippen LogP) is 1.65. The monoisotopic (exact) mass is 262 g/mol. The molecule has 19 heavy (non-hydrogen) atoms. The van der Waals surface area contributed by atoms with Crippen LogP contribution in [0.5, 0.6) is 0 Å². The molecule has 1 aromatic rings. The molecule has 0 aromatic heterocycles. The second-order valence-corrected chi connectivity index (χ2v) is 4.48. The van der Waals surface area contributed by atoms with Gasteiger partial charge in [-0.3, -0.25) is 4.79 Å². The lowest BCUT2D eigenvalue weighted by molar-refractivity contribution is -0.146. The number of carbonyl (C=O) groups is 2. The third-order valence-corrected chi connectivity index (χ3v) is 2.94. The van der Waals surface area contributed by atoms with E-state index in [-0.39, 0.29) is 0 Å². The Morgan fingerprint density at radius 2 is 1.95 bits per heavy atom. The van der Waals surface area contributed by atoms with Gasteiger partial charge in [0.25, 0.3) is 0 Å². The van der Waals surface area contributed by atoms with Gasteiger partial charge in [0.15, 0.2) is 0 Å². The zero-order valence-corrected chi connectivity index (χ0v) is 11.0. The Morgan fingerprint density at radius 3 is 2.42 bits per heavy atom. The highest BCUT2D eigenvalue weighted by atomic mass is 16.4. The summed E-state index contributed by atoms with van der Waals surface area (Å²) in [4.78, 5) is 22.7. The maximum atomic E-state index is 11.7. The number of nitrogen functional groups attached to an aromatic ring is 1. The van der Waals surface area contributed by atoms with E-state index in [9.17, 15) is 9.59 Å². The number of hydrogen-bond donors (Lipinski definition) is 3. The molecule has 0 aliphatic heterocycles. The van der Waals surface area contributed by atoms with Gasteiger partial charge in [-0.15, -0.1) is 0 Å². The van der Waals surface area contributed by atoms with Crippen molar-refractivity contribution in [3.8, 4) is 0 Å². The molecule has 1 rings (SSSR count). The summed E-state index contributed by atoms with van der Waals surface area (Å²) in [6.45, 7) is 3.18. The summed E-state index contributed by atoms with van der Waals surface area (Å²) in [7, 11) is 0. The molecular weight excluding hydrogens is 244 g/mol. The molecule has 0 heterocycles. The minimum Gasteiger partial charge on any atom is -0.480 e. The minimum atomic E-state index is -1.25. The van der Waals surface area contributed by atoms with Crippen molar-refractivity contribution in [3.05, 3.63) is 35.9 Å². The van der Waals surface area contributed by atoms with Gasteiger partial charge in [-0.25, -0.2) is 4.79 Å². The number of carboxylic acids is 1. The Kier molecular flexibility index (Phi) is 4.69. The number of hydrogen-bond acceptors (Lipinski definition) is 3. The maximum Gasteiger partial charge on any atom is 0.329 e. The van der Waals surface area contributed by atoms with E-state index in [0.717, 1.165) is 5.56 Å². The summed E-state index contributed by atoms with van der Waals surface area (Å²) >= 11 is 0. The Balaban J connectivity index is 2.70. The van der Waals surface area contributed by atoms with E-state index in [1.807, 2.05) is 0 Å². The third kappa shape index (κ3) is 4.13. The van der Waals surface area contributed by atoms with Crippen LogP contribution in [0.3, 0.4) is 0 Å². The lowest BCUT2D eigenvalue weighted by Crippen LogP contribution is -2.51. The van der Waals surface area contributed by atoms with Crippen LogP contribution in [0.1, 0.15) is 25.8 Å². The first-order valence-electron chi connectivity index (χ1n) is 5.96. The van der Waals surface area contributed by atoms with Gasteiger partial charge in [0.1, 0.15) is 5.54 Å². The fourth-order valence-corrected chi connectivity index (χ4v) is 1.39. The zero-order chi connectivity index (χ0) is 14.5. The number of aliphatic carboxylic acids is 1. The molecule has 4 N–H and O–H groups in total. The molecule has 0 aliphatic rings. The van der Waals surface area contributed by atoms with E-state index >= 15 is 0 Å². The molecule has 5 heteroatoms. The molecular formula is C14H18N2O3. The SMILES string of the molecule is CCC(C)(NC(=O)/C=C/c1ccc(N)cc1)C(=O)O. The van der Waals surface area contributed by atoms with Crippen molar-refractivity contribution in [3.63, 3.8) is 0 Å². The van der Waals surface area contributed by atoms with Crippen molar-refractivity contribution in [2.75, 3.05) is 5.73 Å². The average molecular weight is 262 g/mol. The van der Waals surface area contributed by atoms with Crippen LogP contribution >= 0.6 is 0 Å². The second kappa shape index (κ2) is 6.04. The highest BCUT2D eigenvalue weighted by molar-refractivity contribution is 5.95. The van der Waals surface area contributed by atoms with E-state index in [1.54, 1.807) is 37.3 Å². The fraction of sp³-hybridized carbons (Fsp3) is 0.286. The zero-order valence-electron chi connectivity index (χ0n) is 11.0. The first-order chi connectivity index (χ1) is 8.87. The third-order valence-electron chi connectivity index (χ3n) is 2.94. The van der Waals surface area contributed by atoms with Crippen LogP contribution in [0.2, 0.25) is 0 Å². The van der Waals surface area contributed by atoms with Crippen molar-refractivity contribution >= 4 is 23.6 Å². The van der Waals surface area contributed by atoms with Crippen LogP contribution in [-0.2, 0) is 9.59 Å². The van der Waals surface area contributed by atoms with Gasteiger partial charge in [-0.1, -0.05) is 19.1 Å². The van der Waals surface area contributed by atoms with Gasteiger partial charge in [0.05, 0.1) is 0 Å². The largest absolute Gasteiger partial charge is 0.480 e. The second-order valence-electron chi connectivity index (χ2n) is 4.48. The van der Waals surface area contributed by atoms with Crippen LogP contribution in [-0.4, -0.2) is 22.5 Å². The topological polar surface area (TPSA) is 92.4 Å². The van der Waals surface area contributed by atoms with Gasteiger partial charge < -0.3 is 16.2 Å². The van der Waals surface area contributed by atoms with Gasteiger partial charge >= 0.3 is 5.97 Å². The Labute approximate surface area is 112 Å². The Morgan fingerprint density at radius 1 is 1.37 bits per heavy atom. The Bertz CT molecular complexity index is 494. The number of nitrogens with two attached hydrogens (primary N) is 1. The average Bonchev–Trinajstić information content (AvgIpc) is 2.37. The van der Waals surface area contributed by atoms with Crippen molar-refractivity contribution in [1.29, 1.82) is 0 Å². The molecule has 1 aromatic carbocycles. The molecule has 5 nitrogen and oxygen atoms in total. The van der Waals surface area contributed by atoms with Gasteiger partial charge in [-0.2, -0.15) is 0 Å². The van der Waals surface area contributed by atoms with Gasteiger partial charge in [0, 0.05) is 11.8 Å². The summed E-state index contributed by atoms with van der Waals surface area (Å²) in [5, 5.41) is 11.5. The smallest absolute Gasteiger partial charge is 0.329 e. The van der Waals surface area contributed by atoms with Crippen molar-refractivity contribution in [1.82, 2.24) is 5.32 Å². The summed E-state index contributed by atoms with van der Waals surface area (Å²) in [5.41, 5.74) is 5.76. The number of amides is 1. The molecule has 0 saturated carbocycles. The van der Waals surface area contributed by atoms with E-state index in [0.29, 0.717) is 12.1 Å². The quantitative estimate of drug-likeness (QED) is 0.555. The first kappa shape index (κ1) is 14.8. The lowest BCUT2D eigenvalue weighted by atomic mass is 9.99. The van der Waals surface area contributed by atoms with Crippen LogP contribution in [0.4, 0.5) is 5.69 Å². The van der Waals surface area contributed by atoms with E-state index in [1.165, 1.54) is 13.0 Å². The molecule has 0 radical (unpaired) electrons. The van der Waals surface area contributed by atoms with Crippen LogP contribution in [0, 0.1) is 0 Å². The fourth-order valence-electron chi connectivity index (χ4n) is 1.39. The maximum absolute atomic E-state index is 11.7.